The smallest absolute Gasteiger partial charge is 0.108 e. The fraction of sp³-hybridized carbons (Fsp3) is 0.692. The van der Waals surface area contributed by atoms with E-state index in [2.05, 4.69) is 13.5 Å². The summed E-state index contributed by atoms with van der Waals surface area (Å²) in [6, 6.07) is 0. The highest BCUT2D eigenvalue weighted by atomic mass is 16.3. The zero-order chi connectivity index (χ0) is 10.6. The first kappa shape index (κ1) is 13.3. The van der Waals surface area contributed by atoms with Crippen molar-refractivity contribution in [2.45, 2.75) is 58.3 Å². The number of unbranched alkanes of at least 4 members (excludes halogenated alkanes) is 7. The van der Waals surface area contributed by atoms with Crippen molar-refractivity contribution in [2.24, 2.45) is 0 Å². The van der Waals surface area contributed by atoms with Gasteiger partial charge in [0.2, 0.25) is 0 Å². The van der Waals surface area contributed by atoms with Crippen molar-refractivity contribution in [1.29, 1.82) is 0 Å². The third kappa shape index (κ3) is 11.3. The van der Waals surface area contributed by atoms with Crippen molar-refractivity contribution < 1.29 is 5.11 Å². The first-order valence-electron chi connectivity index (χ1n) is 5.81. The second-order valence-electron chi connectivity index (χ2n) is 3.80. The lowest BCUT2D eigenvalue weighted by atomic mass is 10.1. The molecule has 0 aliphatic rings. The summed E-state index contributed by atoms with van der Waals surface area (Å²) in [5.74, 6) is 0.160. The minimum Gasteiger partial charge on any atom is -0.509 e. The van der Waals surface area contributed by atoms with Gasteiger partial charge >= 0.3 is 0 Å². The Labute approximate surface area is 88.5 Å². The van der Waals surface area contributed by atoms with E-state index in [1.165, 1.54) is 44.9 Å². The summed E-state index contributed by atoms with van der Waals surface area (Å²) in [5.41, 5.74) is 0. The van der Waals surface area contributed by atoms with Crippen LogP contribution >= 0.6 is 0 Å². The van der Waals surface area contributed by atoms with E-state index in [0.29, 0.717) is 0 Å². The van der Waals surface area contributed by atoms with Gasteiger partial charge in [-0.1, -0.05) is 58.1 Å². The molecular weight excluding hydrogens is 172 g/mol. The maximum absolute atomic E-state index is 8.77. The van der Waals surface area contributed by atoms with Crippen molar-refractivity contribution in [1.82, 2.24) is 0 Å². The highest BCUT2D eigenvalue weighted by Crippen LogP contribution is 2.08. The molecule has 0 rings (SSSR count). The fourth-order valence-corrected chi connectivity index (χ4v) is 1.44. The van der Waals surface area contributed by atoms with Gasteiger partial charge < -0.3 is 5.11 Å². The Morgan fingerprint density at radius 3 is 2.21 bits per heavy atom. The van der Waals surface area contributed by atoms with Gasteiger partial charge in [-0.25, -0.2) is 0 Å². The Morgan fingerprint density at radius 1 is 1.07 bits per heavy atom. The molecule has 0 aliphatic heterocycles. The van der Waals surface area contributed by atoms with Crippen molar-refractivity contribution in [3.8, 4) is 0 Å². The first-order valence-corrected chi connectivity index (χ1v) is 5.81. The van der Waals surface area contributed by atoms with E-state index in [1.54, 1.807) is 6.08 Å². The molecule has 0 aromatic carbocycles. The molecule has 0 atom stereocenters. The van der Waals surface area contributed by atoms with Crippen LogP contribution in [0.4, 0.5) is 0 Å². The predicted molar refractivity (Wildman–Crippen MR) is 63.5 cm³/mol. The minimum atomic E-state index is 0.160. The maximum Gasteiger partial charge on any atom is 0.108 e. The standard InChI is InChI=1S/C13H24O/c1-3-4-5-6-7-8-9-10-11-12-13(2)14/h11-12,14H,2-10H2,1H3. The SMILES string of the molecule is C=C(O)C=CCCCCCCCCC. The maximum atomic E-state index is 8.77. The van der Waals surface area contributed by atoms with E-state index in [0.717, 1.165) is 6.42 Å². The third-order valence-corrected chi connectivity index (χ3v) is 2.28. The second-order valence-corrected chi connectivity index (χ2v) is 3.80. The molecule has 0 saturated carbocycles. The second kappa shape index (κ2) is 10.4. The molecule has 0 bridgehead atoms. The Balaban J connectivity index is 3.02. The minimum absolute atomic E-state index is 0.160. The lowest BCUT2D eigenvalue weighted by molar-refractivity contribution is 0.435. The molecule has 0 fully saturated rings. The molecule has 82 valence electrons. The van der Waals surface area contributed by atoms with E-state index >= 15 is 0 Å². The molecule has 1 heteroatoms. The highest BCUT2D eigenvalue weighted by molar-refractivity contribution is 5.04. The summed E-state index contributed by atoms with van der Waals surface area (Å²) >= 11 is 0. The van der Waals surface area contributed by atoms with Gasteiger partial charge in [0.25, 0.3) is 0 Å². The number of allylic oxidation sites excluding steroid dienone is 2. The zero-order valence-corrected chi connectivity index (χ0v) is 9.47. The summed E-state index contributed by atoms with van der Waals surface area (Å²) in [5, 5.41) is 8.77. The van der Waals surface area contributed by atoms with Crippen LogP contribution < -0.4 is 0 Å². The summed E-state index contributed by atoms with van der Waals surface area (Å²) in [6.07, 6.45) is 14.1. The molecule has 14 heavy (non-hydrogen) atoms. The monoisotopic (exact) mass is 196 g/mol. The number of rotatable bonds is 9. The average Bonchev–Trinajstić information content (AvgIpc) is 2.15. The van der Waals surface area contributed by atoms with Crippen LogP contribution in [0, 0.1) is 0 Å². The van der Waals surface area contributed by atoms with Crippen LogP contribution in [0.5, 0.6) is 0 Å². The van der Waals surface area contributed by atoms with Gasteiger partial charge in [0.1, 0.15) is 5.76 Å². The normalized spacial score (nSPS) is 10.9. The molecule has 1 N–H and O–H groups in total. The molecule has 0 spiro atoms. The van der Waals surface area contributed by atoms with Crippen LogP contribution in [-0.2, 0) is 0 Å². The first-order chi connectivity index (χ1) is 6.77. The fourth-order valence-electron chi connectivity index (χ4n) is 1.44. The summed E-state index contributed by atoms with van der Waals surface area (Å²) in [4.78, 5) is 0. The van der Waals surface area contributed by atoms with Crippen LogP contribution in [0.15, 0.2) is 24.5 Å². The predicted octanol–water partition coefficient (Wildman–Crippen LogP) is 4.76. The van der Waals surface area contributed by atoms with Crippen molar-refractivity contribution in [3.63, 3.8) is 0 Å². The lowest BCUT2D eigenvalue weighted by Gasteiger charge is -1.98. The molecule has 0 amide bonds. The summed E-state index contributed by atoms with van der Waals surface area (Å²) in [6.45, 7) is 5.63. The van der Waals surface area contributed by atoms with Crippen molar-refractivity contribution in [2.75, 3.05) is 0 Å². The van der Waals surface area contributed by atoms with Gasteiger partial charge in [0.05, 0.1) is 0 Å². The van der Waals surface area contributed by atoms with E-state index in [1.807, 2.05) is 6.08 Å². The van der Waals surface area contributed by atoms with Gasteiger partial charge in [-0.3, -0.25) is 0 Å². The lowest BCUT2D eigenvalue weighted by Crippen LogP contribution is -1.79. The largest absolute Gasteiger partial charge is 0.509 e. The third-order valence-electron chi connectivity index (χ3n) is 2.28. The number of aliphatic hydroxyl groups excluding tert-OH is 1. The topological polar surface area (TPSA) is 20.2 Å². The summed E-state index contributed by atoms with van der Waals surface area (Å²) in [7, 11) is 0. The molecular formula is C13H24O. The Morgan fingerprint density at radius 2 is 1.64 bits per heavy atom. The molecule has 0 unspecified atom stereocenters. The van der Waals surface area contributed by atoms with Crippen molar-refractivity contribution in [3.05, 3.63) is 24.5 Å². The van der Waals surface area contributed by atoms with E-state index in [4.69, 9.17) is 5.11 Å². The molecule has 1 nitrogen and oxygen atoms in total. The number of hydrogen-bond donors (Lipinski definition) is 1. The Bertz CT molecular complexity index is 159. The van der Waals surface area contributed by atoms with Gasteiger partial charge in [-0.15, -0.1) is 0 Å². The summed E-state index contributed by atoms with van der Waals surface area (Å²) < 4.78 is 0. The highest BCUT2D eigenvalue weighted by Gasteiger charge is 1.89. The van der Waals surface area contributed by atoms with Crippen molar-refractivity contribution >= 4 is 0 Å². The van der Waals surface area contributed by atoms with Crippen LogP contribution in [0.3, 0.4) is 0 Å². The van der Waals surface area contributed by atoms with E-state index in [9.17, 15) is 0 Å². The van der Waals surface area contributed by atoms with E-state index in [-0.39, 0.29) is 5.76 Å². The number of aliphatic hydroxyl groups is 1. The van der Waals surface area contributed by atoms with E-state index < -0.39 is 0 Å². The average molecular weight is 196 g/mol. The quantitative estimate of drug-likeness (QED) is 0.320. The number of hydrogen-bond acceptors (Lipinski definition) is 1. The van der Waals surface area contributed by atoms with Crippen LogP contribution in [0.1, 0.15) is 58.3 Å². The van der Waals surface area contributed by atoms with Gasteiger partial charge in [0, 0.05) is 0 Å². The Kier molecular flexibility index (Phi) is 9.83. The zero-order valence-electron chi connectivity index (χ0n) is 9.47. The van der Waals surface area contributed by atoms with Gasteiger partial charge in [-0.05, 0) is 18.9 Å². The molecule has 0 aromatic rings. The van der Waals surface area contributed by atoms with Crippen LogP contribution in [-0.4, -0.2) is 5.11 Å². The Hall–Kier alpha value is -0.720. The van der Waals surface area contributed by atoms with Crippen LogP contribution in [0.25, 0.3) is 0 Å². The molecule has 0 aromatic heterocycles. The van der Waals surface area contributed by atoms with Gasteiger partial charge in [0.15, 0.2) is 0 Å². The molecule has 0 aliphatic carbocycles. The van der Waals surface area contributed by atoms with Gasteiger partial charge in [-0.2, -0.15) is 0 Å². The molecule has 0 saturated heterocycles. The van der Waals surface area contributed by atoms with Crippen LogP contribution in [0.2, 0.25) is 0 Å². The molecule has 0 heterocycles. The molecule has 0 radical (unpaired) electrons.